The number of thiazole rings is 1. The van der Waals surface area contributed by atoms with Gasteiger partial charge in [0.05, 0.1) is 18.4 Å². The molecule has 2 rings (SSSR count). The minimum atomic E-state index is 0.438. The average molecular weight is 296 g/mol. The van der Waals surface area contributed by atoms with Crippen LogP contribution in [0, 0.1) is 11.8 Å². The lowest BCUT2D eigenvalue weighted by atomic mass is 9.88. The van der Waals surface area contributed by atoms with Gasteiger partial charge in [0.15, 0.2) is 0 Å². The molecule has 0 aromatic carbocycles. The minimum absolute atomic E-state index is 0.438. The van der Waals surface area contributed by atoms with Gasteiger partial charge in [-0.15, -0.1) is 11.3 Å². The summed E-state index contributed by atoms with van der Waals surface area (Å²) in [7, 11) is 0. The van der Waals surface area contributed by atoms with Crippen molar-refractivity contribution >= 4 is 11.3 Å². The van der Waals surface area contributed by atoms with E-state index < -0.39 is 0 Å². The molecule has 0 bridgehead atoms. The van der Waals surface area contributed by atoms with Crippen LogP contribution < -0.4 is 5.32 Å². The van der Waals surface area contributed by atoms with E-state index in [1.165, 1.54) is 30.7 Å². The summed E-state index contributed by atoms with van der Waals surface area (Å²) < 4.78 is 6.06. The van der Waals surface area contributed by atoms with Crippen molar-refractivity contribution in [2.45, 2.75) is 65.7 Å². The van der Waals surface area contributed by atoms with E-state index in [9.17, 15) is 0 Å². The van der Waals surface area contributed by atoms with Gasteiger partial charge in [-0.3, -0.25) is 0 Å². The summed E-state index contributed by atoms with van der Waals surface area (Å²) >= 11 is 1.74. The van der Waals surface area contributed by atoms with Crippen molar-refractivity contribution in [2.75, 3.05) is 6.54 Å². The molecule has 1 aromatic heterocycles. The van der Waals surface area contributed by atoms with Crippen LogP contribution in [0.3, 0.4) is 0 Å². The summed E-state index contributed by atoms with van der Waals surface area (Å²) in [6, 6.07) is 0. The SMILES string of the molecule is CC(C)CNCc1nc(COC2CCCCC2C)cs1. The normalized spacial score (nSPS) is 23.4. The monoisotopic (exact) mass is 296 g/mol. The van der Waals surface area contributed by atoms with E-state index in [0.717, 1.165) is 18.8 Å². The molecule has 2 unspecified atom stereocenters. The minimum Gasteiger partial charge on any atom is -0.372 e. The predicted octanol–water partition coefficient (Wildman–Crippen LogP) is 3.98. The van der Waals surface area contributed by atoms with Gasteiger partial charge >= 0.3 is 0 Å². The fraction of sp³-hybridized carbons (Fsp3) is 0.812. The number of rotatable bonds is 7. The Bertz CT molecular complexity index is 392. The number of nitrogens with one attached hydrogen (secondary N) is 1. The molecular formula is C16H28N2OS. The molecule has 1 N–H and O–H groups in total. The van der Waals surface area contributed by atoms with Crippen molar-refractivity contribution in [1.29, 1.82) is 0 Å². The van der Waals surface area contributed by atoms with Crippen LogP contribution in [0.5, 0.6) is 0 Å². The fourth-order valence-electron chi connectivity index (χ4n) is 2.69. The van der Waals surface area contributed by atoms with Gasteiger partial charge in [0, 0.05) is 11.9 Å². The third kappa shape index (κ3) is 5.15. The van der Waals surface area contributed by atoms with Crippen molar-refractivity contribution in [1.82, 2.24) is 10.3 Å². The Hall–Kier alpha value is -0.450. The number of hydrogen-bond donors (Lipinski definition) is 1. The topological polar surface area (TPSA) is 34.2 Å². The van der Waals surface area contributed by atoms with Gasteiger partial charge in [0.1, 0.15) is 5.01 Å². The molecule has 0 amide bonds. The summed E-state index contributed by atoms with van der Waals surface area (Å²) in [4.78, 5) is 4.65. The van der Waals surface area contributed by atoms with Crippen molar-refractivity contribution in [2.24, 2.45) is 11.8 Å². The Morgan fingerprint density at radius 2 is 2.20 bits per heavy atom. The van der Waals surface area contributed by atoms with E-state index in [4.69, 9.17) is 4.74 Å². The van der Waals surface area contributed by atoms with E-state index in [2.05, 4.69) is 36.5 Å². The second-order valence-electron chi connectivity index (χ2n) is 6.37. The number of ether oxygens (including phenoxy) is 1. The fourth-order valence-corrected chi connectivity index (χ4v) is 3.43. The molecule has 0 radical (unpaired) electrons. The molecular weight excluding hydrogens is 268 g/mol. The number of aromatic nitrogens is 1. The summed E-state index contributed by atoms with van der Waals surface area (Å²) in [5.41, 5.74) is 1.09. The maximum atomic E-state index is 6.06. The van der Waals surface area contributed by atoms with Crippen LogP contribution in [0.25, 0.3) is 0 Å². The second kappa shape index (κ2) is 8.11. The molecule has 0 spiro atoms. The molecule has 1 aromatic rings. The van der Waals surface area contributed by atoms with Gasteiger partial charge in [-0.05, 0) is 31.2 Å². The highest BCUT2D eigenvalue weighted by molar-refractivity contribution is 7.09. The molecule has 0 saturated heterocycles. The molecule has 1 saturated carbocycles. The largest absolute Gasteiger partial charge is 0.372 e. The number of hydrogen-bond acceptors (Lipinski definition) is 4. The first-order valence-corrected chi connectivity index (χ1v) is 8.78. The number of nitrogens with zero attached hydrogens (tertiary/aromatic N) is 1. The first-order valence-electron chi connectivity index (χ1n) is 7.90. The van der Waals surface area contributed by atoms with Gasteiger partial charge in [0.2, 0.25) is 0 Å². The Labute approximate surface area is 127 Å². The van der Waals surface area contributed by atoms with Crippen LogP contribution in [-0.2, 0) is 17.9 Å². The highest BCUT2D eigenvalue weighted by Gasteiger charge is 2.21. The smallest absolute Gasteiger partial charge is 0.107 e. The third-order valence-corrected chi connectivity index (χ3v) is 4.80. The Balaban J connectivity index is 1.72. The molecule has 20 heavy (non-hydrogen) atoms. The standard InChI is InChI=1S/C16H28N2OS/c1-12(2)8-17-9-16-18-14(11-20-16)10-19-15-7-5-4-6-13(15)3/h11-13,15,17H,4-10H2,1-3H3. The van der Waals surface area contributed by atoms with Gasteiger partial charge < -0.3 is 10.1 Å². The maximum Gasteiger partial charge on any atom is 0.107 e. The Morgan fingerprint density at radius 3 is 2.95 bits per heavy atom. The van der Waals surface area contributed by atoms with Gasteiger partial charge in [-0.2, -0.15) is 0 Å². The first kappa shape index (κ1) is 15.9. The van der Waals surface area contributed by atoms with E-state index in [1.54, 1.807) is 11.3 Å². The zero-order valence-corrected chi connectivity index (χ0v) is 13.8. The molecule has 114 valence electrons. The van der Waals surface area contributed by atoms with Crippen LogP contribution in [0.4, 0.5) is 0 Å². The Morgan fingerprint density at radius 1 is 1.40 bits per heavy atom. The highest BCUT2D eigenvalue weighted by Crippen LogP contribution is 2.27. The highest BCUT2D eigenvalue weighted by atomic mass is 32.1. The van der Waals surface area contributed by atoms with Crippen molar-refractivity contribution in [3.05, 3.63) is 16.1 Å². The van der Waals surface area contributed by atoms with E-state index in [1.807, 2.05) is 0 Å². The molecule has 1 fully saturated rings. The van der Waals surface area contributed by atoms with Crippen LogP contribution in [0.1, 0.15) is 57.2 Å². The Kier molecular flexibility index (Phi) is 6.46. The van der Waals surface area contributed by atoms with Gasteiger partial charge in [0.25, 0.3) is 0 Å². The van der Waals surface area contributed by atoms with Crippen LogP contribution in [-0.4, -0.2) is 17.6 Å². The van der Waals surface area contributed by atoms with Gasteiger partial charge in [-0.1, -0.05) is 33.6 Å². The molecule has 1 aliphatic rings. The molecule has 0 aliphatic heterocycles. The van der Waals surface area contributed by atoms with Crippen LogP contribution in [0.2, 0.25) is 0 Å². The predicted molar refractivity (Wildman–Crippen MR) is 84.9 cm³/mol. The lowest BCUT2D eigenvalue weighted by Gasteiger charge is -2.28. The molecule has 1 aliphatic carbocycles. The summed E-state index contributed by atoms with van der Waals surface area (Å²) in [6.07, 6.45) is 5.65. The zero-order valence-electron chi connectivity index (χ0n) is 13.0. The van der Waals surface area contributed by atoms with E-state index in [-0.39, 0.29) is 0 Å². The first-order chi connectivity index (χ1) is 9.65. The molecule has 4 heteroatoms. The van der Waals surface area contributed by atoms with Crippen LogP contribution in [0.15, 0.2) is 5.38 Å². The zero-order chi connectivity index (χ0) is 14.4. The molecule has 1 heterocycles. The molecule has 3 nitrogen and oxygen atoms in total. The van der Waals surface area contributed by atoms with E-state index >= 15 is 0 Å². The van der Waals surface area contributed by atoms with Crippen molar-refractivity contribution in [3.8, 4) is 0 Å². The van der Waals surface area contributed by atoms with E-state index in [0.29, 0.717) is 24.5 Å². The maximum absolute atomic E-state index is 6.06. The van der Waals surface area contributed by atoms with Crippen molar-refractivity contribution < 1.29 is 4.74 Å². The lowest BCUT2D eigenvalue weighted by Crippen LogP contribution is -2.25. The quantitative estimate of drug-likeness (QED) is 0.826. The lowest BCUT2D eigenvalue weighted by molar-refractivity contribution is -0.0166. The summed E-state index contributed by atoms with van der Waals surface area (Å²) in [6.45, 7) is 9.36. The van der Waals surface area contributed by atoms with Crippen molar-refractivity contribution in [3.63, 3.8) is 0 Å². The average Bonchev–Trinajstić information content (AvgIpc) is 2.85. The van der Waals surface area contributed by atoms with Gasteiger partial charge in [-0.25, -0.2) is 4.98 Å². The van der Waals surface area contributed by atoms with Crippen LogP contribution >= 0.6 is 11.3 Å². The summed E-state index contributed by atoms with van der Waals surface area (Å²) in [5.74, 6) is 1.39. The third-order valence-electron chi connectivity index (χ3n) is 3.91. The summed E-state index contributed by atoms with van der Waals surface area (Å²) in [5, 5.41) is 6.74. The second-order valence-corrected chi connectivity index (χ2v) is 7.31. The molecule has 2 atom stereocenters.